The molecule has 3 rings (SSSR count). The SMILES string of the molecule is CN(Cc1ccccc1N1CCOCC1)C(=O)c1cccc(N(C)C)c1. The number of hydrogen-bond acceptors (Lipinski definition) is 4. The molecular formula is C21H27N3O2. The Balaban J connectivity index is 1.76. The molecule has 0 unspecified atom stereocenters. The average molecular weight is 353 g/mol. The van der Waals surface area contributed by atoms with Gasteiger partial charge in [-0.25, -0.2) is 0 Å². The summed E-state index contributed by atoms with van der Waals surface area (Å²) >= 11 is 0. The van der Waals surface area contributed by atoms with Gasteiger partial charge in [-0.15, -0.1) is 0 Å². The van der Waals surface area contributed by atoms with Gasteiger partial charge >= 0.3 is 0 Å². The van der Waals surface area contributed by atoms with Crippen molar-refractivity contribution < 1.29 is 9.53 Å². The van der Waals surface area contributed by atoms with Gasteiger partial charge < -0.3 is 19.4 Å². The van der Waals surface area contributed by atoms with E-state index in [1.54, 1.807) is 4.90 Å². The molecule has 1 heterocycles. The molecule has 5 heteroatoms. The van der Waals surface area contributed by atoms with Gasteiger partial charge in [-0.3, -0.25) is 4.79 Å². The Hall–Kier alpha value is -2.53. The van der Waals surface area contributed by atoms with Crippen molar-refractivity contribution in [3.05, 3.63) is 59.7 Å². The standard InChI is InChI=1S/C21H27N3O2/c1-22(2)19-9-6-8-17(15-19)21(25)23(3)16-18-7-4-5-10-20(18)24-11-13-26-14-12-24/h4-10,15H,11-14,16H2,1-3H3. The van der Waals surface area contributed by atoms with Crippen LogP contribution in [0.15, 0.2) is 48.5 Å². The van der Waals surface area contributed by atoms with Gasteiger partial charge in [0.25, 0.3) is 5.91 Å². The Labute approximate surface area is 155 Å². The van der Waals surface area contributed by atoms with E-state index < -0.39 is 0 Å². The van der Waals surface area contributed by atoms with Crippen molar-refractivity contribution in [2.45, 2.75) is 6.54 Å². The summed E-state index contributed by atoms with van der Waals surface area (Å²) in [5.74, 6) is 0.0329. The zero-order chi connectivity index (χ0) is 18.5. The van der Waals surface area contributed by atoms with Crippen LogP contribution in [0.5, 0.6) is 0 Å². The van der Waals surface area contributed by atoms with Crippen LogP contribution in [-0.4, -0.2) is 58.3 Å². The molecule has 0 saturated carbocycles. The summed E-state index contributed by atoms with van der Waals surface area (Å²) in [4.78, 5) is 19.0. The predicted molar refractivity (Wildman–Crippen MR) is 106 cm³/mol. The van der Waals surface area contributed by atoms with Crippen molar-refractivity contribution in [2.24, 2.45) is 0 Å². The molecule has 0 atom stereocenters. The third-order valence-electron chi connectivity index (χ3n) is 4.71. The lowest BCUT2D eigenvalue weighted by molar-refractivity contribution is 0.0785. The lowest BCUT2D eigenvalue weighted by atomic mass is 10.1. The number of rotatable bonds is 5. The molecule has 1 aliphatic rings. The van der Waals surface area contributed by atoms with E-state index >= 15 is 0 Å². The van der Waals surface area contributed by atoms with Crippen LogP contribution >= 0.6 is 0 Å². The first-order valence-corrected chi connectivity index (χ1v) is 8.99. The molecule has 5 nitrogen and oxygen atoms in total. The molecule has 1 saturated heterocycles. The van der Waals surface area contributed by atoms with E-state index in [0.29, 0.717) is 12.1 Å². The lowest BCUT2D eigenvalue weighted by Crippen LogP contribution is -2.37. The highest BCUT2D eigenvalue weighted by Gasteiger charge is 2.18. The smallest absolute Gasteiger partial charge is 0.253 e. The second-order valence-corrected chi connectivity index (χ2v) is 6.83. The number of hydrogen-bond donors (Lipinski definition) is 0. The van der Waals surface area contributed by atoms with E-state index in [1.807, 2.05) is 56.4 Å². The summed E-state index contributed by atoms with van der Waals surface area (Å²) < 4.78 is 5.46. The molecule has 0 radical (unpaired) electrons. The Kier molecular flexibility index (Phi) is 5.78. The Morgan fingerprint density at radius 1 is 1.04 bits per heavy atom. The first-order valence-electron chi connectivity index (χ1n) is 8.99. The molecule has 1 aliphatic heterocycles. The monoisotopic (exact) mass is 353 g/mol. The average Bonchev–Trinajstić information content (AvgIpc) is 2.68. The molecule has 138 valence electrons. The van der Waals surface area contributed by atoms with E-state index in [2.05, 4.69) is 23.1 Å². The van der Waals surface area contributed by atoms with E-state index in [0.717, 1.165) is 37.6 Å². The van der Waals surface area contributed by atoms with Crippen molar-refractivity contribution in [2.75, 3.05) is 57.2 Å². The number of morpholine rings is 1. The minimum Gasteiger partial charge on any atom is -0.378 e. The predicted octanol–water partition coefficient (Wildman–Crippen LogP) is 2.86. The highest BCUT2D eigenvalue weighted by atomic mass is 16.5. The minimum atomic E-state index is 0.0329. The fourth-order valence-corrected chi connectivity index (χ4v) is 3.22. The fraction of sp³-hybridized carbons (Fsp3) is 0.381. The van der Waals surface area contributed by atoms with Crippen molar-refractivity contribution in [1.29, 1.82) is 0 Å². The van der Waals surface area contributed by atoms with Crippen molar-refractivity contribution in [1.82, 2.24) is 4.90 Å². The van der Waals surface area contributed by atoms with Gasteiger partial charge in [-0.2, -0.15) is 0 Å². The van der Waals surface area contributed by atoms with Crippen molar-refractivity contribution in [3.63, 3.8) is 0 Å². The number of para-hydroxylation sites is 1. The maximum absolute atomic E-state index is 12.9. The maximum Gasteiger partial charge on any atom is 0.253 e. The van der Waals surface area contributed by atoms with Crippen LogP contribution in [0, 0.1) is 0 Å². The summed E-state index contributed by atoms with van der Waals surface area (Å²) in [6.07, 6.45) is 0. The van der Waals surface area contributed by atoms with Gasteiger partial charge in [0.05, 0.1) is 13.2 Å². The normalized spacial score (nSPS) is 14.2. The third kappa shape index (κ3) is 4.17. The summed E-state index contributed by atoms with van der Waals surface area (Å²) in [5, 5.41) is 0. The first kappa shape index (κ1) is 18.3. The second-order valence-electron chi connectivity index (χ2n) is 6.83. The lowest BCUT2D eigenvalue weighted by Gasteiger charge is -2.31. The molecule has 0 N–H and O–H groups in total. The number of ether oxygens (including phenoxy) is 1. The number of anilines is 2. The topological polar surface area (TPSA) is 36.0 Å². The molecule has 2 aromatic rings. The number of nitrogens with zero attached hydrogens (tertiary/aromatic N) is 3. The second kappa shape index (κ2) is 8.23. The molecule has 1 amide bonds. The molecule has 0 bridgehead atoms. The van der Waals surface area contributed by atoms with Crippen molar-refractivity contribution in [3.8, 4) is 0 Å². The van der Waals surface area contributed by atoms with E-state index in [9.17, 15) is 4.79 Å². The van der Waals surface area contributed by atoms with Crippen LogP contribution in [0.3, 0.4) is 0 Å². The molecule has 0 spiro atoms. The number of benzene rings is 2. The van der Waals surface area contributed by atoms with Gasteiger partial charge in [0.15, 0.2) is 0 Å². The van der Waals surface area contributed by atoms with E-state index in [-0.39, 0.29) is 5.91 Å². The van der Waals surface area contributed by atoms with Crippen LogP contribution in [0.25, 0.3) is 0 Å². The number of carbonyl (C=O) groups is 1. The van der Waals surface area contributed by atoms with Crippen LogP contribution in [0.1, 0.15) is 15.9 Å². The molecule has 2 aromatic carbocycles. The van der Waals surface area contributed by atoms with Gasteiger partial charge in [-0.1, -0.05) is 24.3 Å². The zero-order valence-electron chi connectivity index (χ0n) is 15.8. The van der Waals surface area contributed by atoms with E-state index in [4.69, 9.17) is 4.74 Å². The molecule has 26 heavy (non-hydrogen) atoms. The molecule has 0 aromatic heterocycles. The zero-order valence-corrected chi connectivity index (χ0v) is 15.8. The van der Waals surface area contributed by atoms with Crippen LogP contribution in [0.4, 0.5) is 11.4 Å². The Bertz CT molecular complexity index is 754. The quantitative estimate of drug-likeness (QED) is 0.828. The number of amides is 1. The van der Waals surface area contributed by atoms with Gasteiger partial charge in [0, 0.05) is 57.7 Å². The van der Waals surface area contributed by atoms with Crippen LogP contribution in [0.2, 0.25) is 0 Å². The van der Waals surface area contributed by atoms with Crippen LogP contribution in [-0.2, 0) is 11.3 Å². The summed E-state index contributed by atoms with van der Waals surface area (Å²) in [7, 11) is 5.82. The number of carbonyl (C=O) groups excluding carboxylic acids is 1. The van der Waals surface area contributed by atoms with Crippen LogP contribution < -0.4 is 9.80 Å². The van der Waals surface area contributed by atoms with Gasteiger partial charge in [0.2, 0.25) is 0 Å². The highest BCUT2D eigenvalue weighted by molar-refractivity contribution is 5.95. The van der Waals surface area contributed by atoms with Crippen molar-refractivity contribution >= 4 is 17.3 Å². The summed E-state index contributed by atoms with van der Waals surface area (Å²) in [5.41, 5.74) is 4.09. The Morgan fingerprint density at radius 2 is 1.77 bits per heavy atom. The third-order valence-corrected chi connectivity index (χ3v) is 4.71. The fourth-order valence-electron chi connectivity index (χ4n) is 3.22. The summed E-state index contributed by atoms with van der Waals surface area (Å²) in [6.45, 7) is 3.86. The largest absolute Gasteiger partial charge is 0.378 e. The summed E-state index contributed by atoms with van der Waals surface area (Å²) in [6, 6.07) is 16.1. The maximum atomic E-state index is 12.9. The van der Waals surface area contributed by atoms with E-state index in [1.165, 1.54) is 5.69 Å². The van der Waals surface area contributed by atoms with Gasteiger partial charge in [0.1, 0.15) is 0 Å². The first-order chi connectivity index (χ1) is 12.6. The minimum absolute atomic E-state index is 0.0329. The highest BCUT2D eigenvalue weighted by Crippen LogP contribution is 2.23. The van der Waals surface area contributed by atoms with Gasteiger partial charge in [-0.05, 0) is 29.8 Å². The Morgan fingerprint density at radius 3 is 2.50 bits per heavy atom. The molecular weight excluding hydrogens is 326 g/mol. The molecule has 1 fully saturated rings. The molecule has 0 aliphatic carbocycles.